The molecule has 2 aromatic heterocycles. The number of rotatable bonds is 5. The number of carbonyl (C=O) groups excluding carboxylic acids is 1. The fraction of sp³-hybridized carbons (Fsp3) is 0.333. The number of hydrogen-bond acceptors (Lipinski definition) is 7. The Morgan fingerprint density at radius 1 is 1.00 bits per heavy atom. The number of amides is 1. The zero-order valence-corrected chi connectivity index (χ0v) is 20.8. The molecule has 2 aromatic rings. The quantitative estimate of drug-likeness (QED) is 0.423. The third kappa shape index (κ3) is 14.7. The molecule has 0 radical (unpaired) electrons. The van der Waals surface area contributed by atoms with Gasteiger partial charge in [0.2, 0.25) is 26.9 Å². The molecule has 13 heteroatoms. The highest BCUT2D eigenvalue weighted by Crippen LogP contribution is 2.17. The summed E-state index contributed by atoms with van der Waals surface area (Å²) in [5.74, 6) is 0.142. The van der Waals surface area contributed by atoms with Gasteiger partial charge in [0.05, 0.1) is 23.8 Å². The molecule has 170 valence electrons. The minimum atomic E-state index is -1.67. The van der Waals surface area contributed by atoms with Crippen LogP contribution in [0.15, 0.2) is 24.3 Å². The number of nitrogens with zero attached hydrogens (tertiary/aromatic N) is 3. The third-order valence-corrected chi connectivity index (χ3v) is 3.05. The summed E-state index contributed by atoms with van der Waals surface area (Å²) < 4.78 is 19.7. The summed E-state index contributed by atoms with van der Waals surface area (Å²) in [5.41, 5.74) is 5.85. The molecular weight excluding hydrogens is 510 g/mol. The molecule has 0 aliphatic carbocycles. The van der Waals surface area contributed by atoms with Gasteiger partial charge in [0.25, 0.3) is 0 Å². The summed E-state index contributed by atoms with van der Waals surface area (Å²) in [4.78, 5) is 18.7. The molecule has 0 fully saturated rings. The van der Waals surface area contributed by atoms with E-state index in [0.717, 1.165) is 0 Å². The van der Waals surface area contributed by atoms with E-state index in [1.807, 2.05) is 33.8 Å². The first-order valence-electron chi connectivity index (χ1n) is 8.46. The summed E-state index contributed by atoms with van der Waals surface area (Å²) >= 11 is 11.3. The van der Waals surface area contributed by atoms with Gasteiger partial charge in [-0.2, -0.15) is 5.26 Å². The molecule has 31 heavy (non-hydrogen) atoms. The fourth-order valence-corrected chi connectivity index (χ4v) is 2.16. The van der Waals surface area contributed by atoms with Crippen LogP contribution in [0.25, 0.3) is 0 Å². The lowest BCUT2D eigenvalue weighted by Gasteiger charge is -2.09. The lowest BCUT2D eigenvalue weighted by Crippen LogP contribution is -2.13. The molecule has 0 unspecified atom stereocenters. The number of nitrogens with two attached hydrogens (primary N) is 1. The van der Waals surface area contributed by atoms with E-state index in [-0.39, 0.29) is 22.5 Å². The monoisotopic (exact) mass is 528 g/mol. The number of pyridine rings is 2. The molecule has 0 aliphatic heterocycles. The summed E-state index contributed by atoms with van der Waals surface area (Å²) in [6.45, 7) is 7.47. The predicted octanol–water partition coefficient (Wildman–Crippen LogP) is 5.06. The van der Waals surface area contributed by atoms with Gasteiger partial charge in [0.1, 0.15) is 10.3 Å². The highest BCUT2D eigenvalue weighted by atomic mass is 36.0. The van der Waals surface area contributed by atoms with Crippen molar-refractivity contribution in [3.63, 3.8) is 0 Å². The van der Waals surface area contributed by atoms with Crippen LogP contribution >= 0.6 is 44.6 Å². The van der Waals surface area contributed by atoms with E-state index < -0.39 is 15.1 Å². The summed E-state index contributed by atoms with van der Waals surface area (Å²) in [5, 5.41) is 9.09. The average molecular weight is 530 g/mol. The Bertz CT molecular complexity index is 935. The topological polar surface area (TPSA) is 128 Å². The van der Waals surface area contributed by atoms with Crippen LogP contribution in [0.1, 0.15) is 43.6 Å². The molecule has 1 amide bonds. The van der Waals surface area contributed by atoms with Crippen LogP contribution in [-0.4, -0.2) is 32.3 Å². The van der Waals surface area contributed by atoms with Crippen LogP contribution in [0.4, 0.5) is 0 Å². The molecular formula is C18H20Cl4N4O4S. The van der Waals surface area contributed by atoms with E-state index in [9.17, 15) is 4.79 Å². The maximum atomic E-state index is 10.9. The van der Waals surface area contributed by atoms with Crippen LogP contribution < -0.4 is 15.2 Å². The largest absolute Gasteiger partial charge is 0.475 e. The van der Waals surface area contributed by atoms with E-state index >= 15 is 0 Å². The predicted molar refractivity (Wildman–Crippen MR) is 123 cm³/mol. The van der Waals surface area contributed by atoms with Crippen molar-refractivity contribution in [3.8, 4) is 17.8 Å². The van der Waals surface area contributed by atoms with Gasteiger partial charge >= 0.3 is 0 Å². The Labute approximate surface area is 202 Å². The van der Waals surface area contributed by atoms with E-state index in [4.69, 9.17) is 47.9 Å². The minimum absolute atomic E-state index is 0.0255. The molecule has 0 aromatic carbocycles. The maximum Gasteiger partial charge on any atom is 0.249 e. The zero-order valence-electron chi connectivity index (χ0n) is 16.9. The van der Waals surface area contributed by atoms with E-state index in [0.29, 0.717) is 22.9 Å². The number of hydrogen-bond donors (Lipinski definition) is 1. The second-order valence-electron chi connectivity index (χ2n) is 6.03. The van der Waals surface area contributed by atoms with Crippen molar-refractivity contribution in [2.45, 2.75) is 39.9 Å². The average Bonchev–Trinajstić information content (AvgIpc) is 2.59. The molecule has 0 atom stereocenters. The first kappa shape index (κ1) is 29.2. The Kier molecular flexibility index (Phi) is 14.2. The lowest BCUT2D eigenvalue weighted by atomic mass is 10.2. The fourth-order valence-electron chi connectivity index (χ4n) is 1.76. The van der Waals surface area contributed by atoms with Crippen LogP contribution in [0.2, 0.25) is 10.3 Å². The first-order chi connectivity index (χ1) is 14.3. The van der Waals surface area contributed by atoms with Crippen molar-refractivity contribution in [3.05, 3.63) is 45.7 Å². The number of primary amides is 1. The molecule has 0 saturated carbocycles. The number of nitriles is 1. The van der Waals surface area contributed by atoms with Gasteiger partial charge in [-0.3, -0.25) is 4.79 Å². The van der Waals surface area contributed by atoms with Crippen molar-refractivity contribution >= 4 is 59.7 Å². The maximum absolute atomic E-state index is 10.9. The second-order valence-corrected chi connectivity index (χ2v) is 9.33. The number of carbonyl (C=O) groups is 1. The van der Waals surface area contributed by atoms with Gasteiger partial charge in [-0.25, -0.2) is 14.2 Å². The smallest absolute Gasteiger partial charge is 0.249 e. The Hall–Kier alpha value is -1.83. The van der Waals surface area contributed by atoms with Crippen LogP contribution in [0.5, 0.6) is 11.8 Å². The first-order valence-corrected chi connectivity index (χ1v) is 12.0. The summed E-state index contributed by atoms with van der Waals surface area (Å²) in [6, 6.07) is 7.90. The van der Waals surface area contributed by atoms with Crippen LogP contribution in [-0.2, 0) is 9.23 Å². The van der Waals surface area contributed by atoms with Crippen molar-refractivity contribution in [1.82, 2.24) is 9.97 Å². The number of halogens is 4. The van der Waals surface area contributed by atoms with Crippen LogP contribution in [0, 0.1) is 11.3 Å². The van der Waals surface area contributed by atoms with Crippen molar-refractivity contribution in [2.24, 2.45) is 5.73 Å². The van der Waals surface area contributed by atoms with E-state index in [1.54, 1.807) is 6.07 Å². The molecule has 0 aliphatic rings. The highest BCUT2D eigenvalue weighted by Gasteiger charge is 2.07. The molecule has 2 heterocycles. The summed E-state index contributed by atoms with van der Waals surface area (Å²) in [7, 11) is 7.36. The van der Waals surface area contributed by atoms with Gasteiger partial charge in [0.15, 0.2) is 0 Å². The zero-order chi connectivity index (χ0) is 24.1. The normalized spacial score (nSPS) is 9.87. The Morgan fingerprint density at radius 2 is 1.42 bits per heavy atom. The van der Waals surface area contributed by atoms with Gasteiger partial charge in [-0.15, -0.1) is 0 Å². The van der Waals surface area contributed by atoms with Crippen molar-refractivity contribution in [2.75, 3.05) is 0 Å². The van der Waals surface area contributed by atoms with E-state index in [1.165, 1.54) is 18.2 Å². The molecule has 8 nitrogen and oxygen atoms in total. The molecule has 2 rings (SSSR count). The molecule has 0 saturated heterocycles. The molecule has 0 bridgehead atoms. The second kappa shape index (κ2) is 15.1. The third-order valence-electron chi connectivity index (χ3n) is 2.67. The number of ether oxygens (including phenoxy) is 2. The van der Waals surface area contributed by atoms with Gasteiger partial charge in [-0.1, -0.05) is 23.2 Å². The van der Waals surface area contributed by atoms with Crippen molar-refractivity contribution < 1.29 is 18.5 Å². The standard InChI is InChI=1S/C9H11ClN2O2.C9H9ClN2O.Cl2OS/c1-5(2)14-8-4-6(9(11)13)3-7(10)12-8;1-6(2)13-9-4-7(5-11)3-8(10)12-9;1-4(2)3/h3-5H,1-2H3,(H2,11,13);3-4,6H,1-2H3;. The highest BCUT2D eigenvalue weighted by molar-refractivity contribution is 8.26. The van der Waals surface area contributed by atoms with Gasteiger partial charge < -0.3 is 15.2 Å². The lowest BCUT2D eigenvalue weighted by molar-refractivity contribution is 0.0999. The molecule has 2 N–H and O–H groups in total. The summed E-state index contributed by atoms with van der Waals surface area (Å²) in [6.07, 6.45) is -0.000738. The van der Waals surface area contributed by atoms with E-state index in [2.05, 4.69) is 31.3 Å². The van der Waals surface area contributed by atoms with Crippen LogP contribution in [0.3, 0.4) is 0 Å². The minimum Gasteiger partial charge on any atom is -0.475 e. The Morgan fingerprint density at radius 3 is 1.81 bits per heavy atom. The molecule has 0 spiro atoms. The number of aromatic nitrogens is 2. The van der Waals surface area contributed by atoms with Gasteiger partial charge in [-0.05, 0) is 39.8 Å². The van der Waals surface area contributed by atoms with Crippen molar-refractivity contribution in [1.29, 1.82) is 5.26 Å². The van der Waals surface area contributed by atoms with Gasteiger partial charge in [0, 0.05) is 39.1 Å². The Balaban J connectivity index is 0.000000497. The SMILES string of the molecule is CC(C)Oc1cc(C#N)cc(Cl)n1.CC(C)Oc1cc(C(N)=O)cc(Cl)n1.O=S(Cl)Cl.